The molecule has 0 heterocycles. The summed E-state index contributed by atoms with van der Waals surface area (Å²) < 4.78 is 0. The Morgan fingerprint density at radius 3 is 0.455 bits per heavy atom. The van der Waals surface area contributed by atoms with Crippen LogP contribution in [0.2, 0.25) is 0 Å². The zero-order chi connectivity index (χ0) is 7.07. The summed E-state index contributed by atoms with van der Waals surface area (Å²) in [6.45, 7) is 0. The average Bonchev–Trinajstić information content (AvgIpc) is 2.67. The van der Waals surface area contributed by atoms with Crippen LogP contribution >= 0.6 is 0 Å². The van der Waals surface area contributed by atoms with Crippen LogP contribution in [0.1, 0.15) is 0 Å². The first-order valence-electron chi connectivity index (χ1n) is 3.33. The fraction of sp³-hybridized carbons (Fsp3) is 0. The summed E-state index contributed by atoms with van der Waals surface area (Å²) in [5.41, 5.74) is 0. The van der Waals surface area contributed by atoms with Gasteiger partial charge in [0.2, 0.25) is 0 Å². The molecule has 0 aliphatic heterocycles. The van der Waals surface area contributed by atoms with Gasteiger partial charge in [-0.05, 0) is 64.2 Å². The first-order chi connectivity index (χ1) is 5.00. The molecular weight excluding hydrogens is 299 g/mol. The van der Waals surface area contributed by atoms with E-state index >= 15 is 0 Å². The molecule has 0 bridgehead atoms. The van der Waals surface area contributed by atoms with Crippen molar-refractivity contribution >= 4 is 0 Å². The molecule has 0 nitrogen and oxygen atoms in total. The second-order valence-electron chi connectivity index (χ2n) is 1.92. The molecule has 2 aliphatic rings. The maximum atomic E-state index is 2.00. The Bertz CT molecular complexity index is 38.1. The van der Waals surface area contributed by atoms with Crippen molar-refractivity contribution in [1.82, 2.24) is 0 Å². The molecule has 0 saturated heterocycles. The van der Waals surface area contributed by atoms with Gasteiger partial charge in [-0.2, -0.15) is 0 Å². The van der Waals surface area contributed by atoms with Crippen LogP contribution in [0, 0.1) is 64.2 Å². The van der Waals surface area contributed by atoms with Crippen molar-refractivity contribution in [3.8, 4) is 0 Å². The van der Waals surface area contributed by atoms with E-state index in [9.17, 15) is 0 Å². The summed E-state index contributed by atoms with van der Waals surface area (Å²) in [5.74, 6) is 0. The van der Waals surface area contributed by atoms with Gasteiger partial charge in [0.15, 0.2) is 0 Å². The van der Waals surface area contributed by atoms with Crippen LogP contribution in [0.25, 0.3) is 0 Å². The van der Waals surface area contributed by atoms with Crippen LogP contribution in [-0.4, -0.2) is 0 Å². The first-order valence-corrected chi connectivity index (χ1v) is 3.33. The fourth-order valence-electron chi connectivity index (χ4n) is 0.642. The van der Waals surface area contributed by atoms with Gasteiger partial charge < -0.3 is 0 Å². The molecule has 2 fully saturated rings. The zero-order valence-corrected chi connectivity index (χ0v) is 9.87. The molecule has 11 heavy (non-hydrogen) atoms. The van der Waals surface area contributed by atoms with Gasteiger partial charge >= 0.3 is 0 Å². The summed E-state index contributed by atoms with van der Waals surface area (Å²) in [7, 11) is 0. The molecule has 0 atom stereocenters. The number of hydrogen-bond donors (Lipinski definition) is 0. The molecule has 2 saturated carbocycles. The third-order valence-corrected chi connectivity index (χ3v) is 1.11. The molecule has 0 spiro atoms. The normalized spacial score (nSPS) is 21.8. The van der Waals surface area contributed by atoms with Gasteiger partial charge in [-0.15, -0.1) is 0 Å². The van der Waals surface area contributed by atoms with Crippen LogP contribution in [0.4, 0.5) is 0 Å². The summed E-state index contributed by atoms with van der Waals surface area (Å²) in [6.07, 6.45) is 20.0. The van der Waals surface area contributed by atoms with Gasteiger partial charge in [0.05, 0.1) is 0 Å². The minimum absolute atomic E-state index is 0. The molecule has 1 heteroatoms. The second-order valence-corrected chi connectivity index (χ2v) is 1.92. The Morgan fingerprint density at radius 1 is 0.273 bits per heavy atom. The van der Waals surface area contributed by atoms with E-state index in [0.717, 1.165) is 0 Å². The molecule has 0 N–H and O–H groups in total. The van der Waals surface area contributed by atoms with E-state index in [1.54, 1.807) is 0 Å². The molecule has 0 amide bonds. The Kier molecular flexibility index (Phi) is 9.67. The Hall–Kier alpha value is 0.870. The van der Waals surface area contributed by atoms with E-state index < -0.39 is 0 Å². The second kappa shape index (κ2) is 8.96. The predicted octanol–water partition coefficient (Wildman–Crippen LogP) is 2.04. The predicted molar refractivity (Wildman–Crippen MR) is 43.0 cm³/mol. The third-order valence-electron chi connectivity index (χ3n) is 1.11. The molecule has 2 rings (SSSR count). The zero-order valence-electron chi connectivity index (χ0n) is 6.27. The van der Waals surface area contributed by atoms with Gasteiger partial charge in [0, 0.05) is 25.8 Å². The van der Waals surface area contributed by atoms with E-state index in [2.05, 4.69) is 0 Å². The first kappa shape index (κ1) is 11.9. The van der Waals surface area contributed by atoms with Gasteiger partial charge in [0.25, 0.3) is 0 Å². The van der Waals surface area contributed by atoms with E-state index in [-0.39, 0.29) is 25.8 Å². The molecule has 54 valence electrons. The van der Waals surface area contributed by atoms with Crippen molar-refractivity contribution in [3.63, 3.8) is 0 Å². The molecule has 0 aromatic carbocycles. The van der Waals surface area contributed by atoms with Crippen molar-refractivity contribution in [2.45, 2.75) is 0 Å². The van der Waals surface area contributed by atoms with Crippen molar-refractivity contribution < 1.29 is 25.8 Å². The topological polar surface area (TPSA) is 0 Å². The Balaban J connectivity index is 0.000000167. The largest absolute Gasteiger partial charge is 0.0312 e. The minimum Gasteiger partial charge on any atom is -0.0312 e. The SMILES string of the molecule is [CH]1[CH][CH][CH][CH]1.[CH]1[CH][CH][CH][CH]1.[Hf]. The number of rotatable bonds is 0. The van der Waals surface area contributed by atoms with Crippen LogP contribution < -0.4 is 0 Å². The van der Waals surface area contributed by atoms with Crippen molar-refractivity contribution in [1.29, 1.82) is 0 Å². The summed E-state index contributed by atoms with van der Waals surface area (Å²) in [5, 5.41) is 0. The molecule has 2 aliphatic carbocycles. The minimum atomic E-state index is 0. The maximum Gasteiger partial charge on any atom is 0 e. The van der Waals surface area contributed by atoms with Crippen molar-refractivity contribution in [2.24, 2.45) is 0 Å². The summed E-state index contributed by atoms with van der Waals surface area (Å²) in [4.78, 5) is 0. The summed E-state index contributed by atoms with van der Waals surface area (Å²) in [6, 6.07) is 0. The molecule has 10 radical (unpaired) electrons. The van der Waals surface area contributed by atoms with Gasteiger partial charge in [-0.3, -0.25) is 0 Å². The van der Waals surface area contributed by atoms with E-state index in [1.807, 2.05) is 64.2 Å². The van der Waals surface area contributed by atoms with Crippen molar-refractivity contribution in [2.75, 3.05) is 0 Å². The summed E-state index contributed by atoms with van der Waals surface area (Å²) >= 11 is 0. The van der Waals surface area contributed by atoms with Crippen LogP contribution in [0.3, 0.4) is 0 Å². The van der Waals surface area contributed by atoms with Gasteiger partial charge in [-0.25, -0.2) is 0 Å². The van der Waals surface area contributed by atoms with Crippen molar-refractivity contribution in [3.05, 3.63) is 64.2 Å². The van der Waals surface area contributed by atoms with Crippen LogP contribution in [0.5, 0.6) is 0 Å². The molecule has 0 unspecified atom stereocenters. The molecule has 0 aromatic heterocycles. The van der Waals surface area contributed by atoms with Crippen LogP contribution in [0.15, 0.2) is 0 Å². The standard InChI is InChI=1S/2C5H5.Hf/c2*1-2-4-5-3-1;/h2*1-5H;. The molecule has 0 aromatic rings. The smallest absolute Gasteiger partial charge is 0 e. The van der Waals surface area contributed by atoms with E-state index in [1.165, 1.54) is 0 Å². The van der Waals surface area contributed by atoms with E-state index in [0.29, 0.717) is 0 Å². The van der Waals surface area contributed by atoms with E-state index in [4.69, 9.17) is 0 Å². The third kappa shape index (κ3) is 7.24. The monoisotopic (exact) mass is 310 g/mol. The quantitative estimate of drug-likeness (QED) is 0.601. The fourth-order valence-corrected chi connectivity index (χ4v) is 0.642. The van der Waals surface area contributed by atoms with Gasteiger partial charge in [-0.1, -0.05) is 0 Å². The molecular formula is C10H10Hf. The maximum absolute atomic E-state index is 2.00. The van der Waals surface area contributed by atoms with Gasteiger partial charge in [0.1, 0.15) is 0 Å². The Morgan fingerprint density at radius 2 is 0.364 bits per heavy atom. The number of hydrogen-bond acceptors (Lipinski definition) is 0. The Labute approximate surface area is 89.9 Å². The average molecular weight is 309 g/mol. The van der Waals surface area contributed by atoms with Crippen LogP contribution in [-0.2, 0) is 25.8 Å².